The molecular formula is C21H25N5O4S. The summed E-state index contributed by atoms with van der Waals surface area (Å²) in [6, 6.07) is 9.43. The van der Waals surface area contributed by atoms with Gasteiger partial charge in [-0.15, -0.1) is 0 Å². The van der Waals surface area contributed by atoms with Crippen molar-refractivity contribution < 1.29 is 18.0 Å². The molecule has 4 N–H and O–H groups in total. The van der Waals surface area contributed by atoms with Gasteiger partial charge in [0, 0.05) is 24.7 Å². The molecule has 1 atom stereocenters. The normalized spacial score (nSPS) is 19.1. The molecule has 164 valence electrons. The first-order chi connectivity index (χ1) is 14.8. The molecule has 1 saturated carbocycles. The Morgan fingerprint density at radius 3 is 2.61 bits per heavy atom. The SMILES string of the molecule is NC(=O)C1CCCN(c2ccc(NC(=O)c3cccc(S(=O)(=O)NC4CC4)c3)cn2)C1. The van der Waals surface area contributed by atoms with E-state index in [0.29, 0.717) is 18.1 Å². The van der Waals surface area contributed by atoms with Crippen LogP contribution in [0.15, 0.2) is 47.5 Å². The summed E-state index contributed by atoms with van der Waals surface area (Å²) in [7, 11) is -3.64. The standard InChI is InChI=1S/C21H25N5O4S/c22-20(27)15-4-2-10-26(13-15)19-9-8-17(12-23-19)24-21(28)14-3-1-5-18(11-14)31(29,30)25-16-6-7-16/h1,3,5,8-9,11-12,15-16,25H,2,4,6-7,10,13H2,(H2,22,27)(H,24,28). The van der Waals surface area contributed by atoms with Gasteiger partial charge in [0.15, 0.2) is 0 Å². The maximum Gasteiger partial charge on any atom is 0.255 e. The number of primary amides is 1. The predicted molar refractivity (Wildman–Crippen MR) is 116 cm³/mol. The Hall–Kier alpha value is -2.98. The highest BCUT2D eigenvalue weighted by Gasteiger charge is 2.28. The monoisotopic (exact) mass is 443 g/mol. The van der Waals surface area contributed by atoms with E-state index in [1.807, 2.05) is 4.90 Å². The fraction of sp³-hybridized carbons (Fsp3) is 0.381. The summed E-state index contributed by atoms with van der Waals surface area (Å²) in [6.07, 6.45) is 4.86. The zero-order chi connectivity index (χ0) is 22.0. The Morgan fingerprint density at radius 2 is 1.94 bits per heavy atom. The van der Waals surface area contributed by atoms with Crippen molar-refractivity contribution in [1.29, 1.82) is 0 Å². The molecule has 9 nitrogen and oxygen atoms in total. The lowest BCUT2D eigenvalue weighted by Crippen LogP contribution is -2.41. The molecule has 2 amide bonds. The highest BCUT2D eigenvalue weighted by Crippen LogP contribution is 2.24. The van der Waals surface area contributed by atoms with Crippen LogP contribution in [-0.4, -0.2) is 44.3 Å². The van der Waals surface area contributed by atoms with Gasteiger partial charge in [-0.2, -0.15) is 0 Å². The number of hydrogen-bond donors (Lipinski definition) is 3. The van der Waals surface area contributed by atoms with Crippen LogP contribution in [0.3, 0.4) is 0 Å². The Balaban J connectivity index is 1.42. The van der Waals surface area contributed by atoms with Gasteiger partial charge >= 0.3 is 0 Å². The van der Waals surface area contributed by atoms with E-state index < -0.39 is 15.9 Å². The lowest BCUT2D eigenvalue weighted by molar-refractivity contribution is -0.122. The molecule has 2 aromatic rings. The van der Waals surface area contributed by atoms with Crippen LogP contribution in [-0.2, 0) is 14.8 Å². The summed E-state index contributed by atoms with van der Waals surface area (Å²) in [4.78, 5) is 30.5. The van der Waals surface area contributed by atoms with E-state index in [-0.39, 0.29) is 28.3 Å². The second kappa shape index (κ2) is 8.64. The summed E-state index contributed by atoms with van der Waals surface area (Å²) >= 11 is 0. The number of piperidine rings is 1. The second-order valence-corrected chi connectivity index (χ2v) is 9.68. The van der Waals surface area contributed by atoms with Crippen LogP contribution in [0.25, 0.3) is 0 Å². The van der Waals surface area contributed by atoms with Gasteiger partial charge in [0.2, 0.25) is 15.9 Å². The number of hydrogen-bond acceptors (Lipinski definition) is 6. The van der Waals surface area contributed by atoms with E-state index in [9.17, 15) is 18.0 Å². The van der Waals surface area contributed by atoms with Gasteiger partial charge in [-0.25, -0.2) is 18.1 Å². The van der Waals surface area contributed by atoms with Crippen molar-refractivity contribution in [3.8, 4) is 0 Å². The third-order valence-electron chi connectivity index (χ3n) is 5.46. The Bertz CT molecular complexity index is 1080. The van der Waals surface area contributed by atoms with Crippen LogP contribution in [0.5, 0.6) is 0 Å². The molecule has 0 spiro atoms. The third-order valence-corrected chi connectivity index (χ3v) is 6.98. The van der Waals surface area contributed by atoms with Crippen molar-refractivity contribution in [2.75, 3.05) is 23.3 Å². The van der Waals surface area contributed by atoms with Crippen molar-refractivity contribution in [3.63, 3.8) is 0 Å². The molecule has 31 heavy (non-hydrogen) atoms. The molecular weight excluding hydrogens is 418 g/mol. The highest BCUT2D eigenvalue weighted by atomic mass is 32.2. The number of nitrogens with one attached hydrogen (secondary N) is 2. The Kier molecular flexibility index (Phi) is 5.92. The number of benzene rings is 1. The minimum Gasteiger partial charge on any atom is -0.369 e. The van der Waals surface area contributed by atoms with Gasteiger partial charge in [0.05, 0.1) is 22.7 Å². The van der Waals surface area contributed by atoms with Gasteiger partial charge < -0.3 is 16.0 Å². The summed E-state index contributed by atoms with van der Waals surface area (Å²) in [6.45, 7) is 1.32. The fourth-order valence-electron chi connectivity index (χ4n) is 3.56. The lowest BCUT2D eigenvalue weighted by Gasteiger charge is -2.32. The minimum atomic E-state index is -3.64. The first-order valence-electron chi connectivity index (χ1n) is 10.3. The number of amides is 2. The van der Waals surface area contributed by atoms with Crippen LogP contribution in [0, 0.1) is 5.92 Å². The van der Waals surface area contributed by atoms with Crippen LogP contribution in [0.2, 0.25) is 0 Å². The van der Waals surface area contributed by atoms with Crippen molar-refractivity contribution in [1.82, 2.24) is 9.71 Å². The molecule has 1 unspecified atom stereocenters. The average Bonchev–Trinajstić information content (AvgIpc) is 3.58. The van der Waals surface area contributed by atoms with E-state index in [4.69, 9.17) is 5.73 Å². The smallest absolute Gasteiger partial charge is 0.255 e. The van der Waals surface area contributed by atoms with Crippen molar-refractivity contribution in [3.05, 3.63) is 48.2 Å². The molecule has 0 bridgehead atoms. The molecule has 1 aromatic heterocycles. The van der Waals surface area contributed by atoms with Gasteiger partial charge in [0.25, 0.3) is 5.91 Å². The number of nitrogens with zero attached hydrogens (tertiary/aromatic N) is 2. The lowest BCUT2D eigenvalue weighted by atomic mass is 9.97. The van der Waals surface area contributed by atoms with E-state index in [1.54, 1.807) is 24.3 Å². The topological polar surface area (TPSA) is 134 Å². The number of anilines is 2. The molecule has 2 fully saturated rings. The number of aromatic nitrogens is 1. The highest BCUT2D eigenvalue weighted by molar-refractivity contribution is 7.89. The summed E-state index contributed by atoms with van der Waals surface area (Å²) in [5.41, 5.74) is 6.16. The van der Waals surface area contributed by atoms with Crippen molar-refractivity contribution in [2.24, 2.45) is 11.7 Å². The van der Waals surface area contributed by atoms with Gasteiger partial charge in [-0.3, -0.25) is 9.59 Å². The van der Waals surface area contributed by atoms with Crippen LogP contribution < -0.4 is 20.7 Å². The first kappa shape index (κ1) is 21.3. The quantitative estimate of drug-likeness (QED) is 0.593. The number of rotatable bonds is 7. The number of nitrogens with two attached hydrogens (primary N) is 1. The van der Waals surface area contributed by atoms with Crippen LogP contribution in [0.4, 0.5) is 11.5 Å². The zero-order valence-corrected chi connectivity index (χ0v) is 17.8. The van der Waals surface area contributed by atoms with Gasteiger partial charge in [-0.05, 0) is 56.0 Å². The predicted octanol–water partition coefficient (Wildman–Crippen LogP) is 1.48. The molecule has 1 saturated heterocycles. The van der Waals surface area contributed by atoms with Gasteiger partial charge in [-0.1, -0.05) is 6.07 Å². The average molecular weight is 444 g/mol. The molecule has 4 rings (SSSR count). The van der Waals surface area contributed by atoms with Crippen LogP contribution >= 0.6 is 0 Å². The molecule has 1 aliphatic carbocycles. The maximum atomic E-state index is 12.6. The summed E-state index contributed by atoms with van der Waals surface area (Å²) in [5.74, 6) is -0.203. The third kappa shape index (κ3) is 5.20. The molecule has 2 heterocycles. The van der Waals surface area contributed by atoms with Crippen molar-refractivity contribution in [2.45, 2.75) is 36.6 Å². The number of pyridine rings is 1. The molecule has 2 aliphatic rings. The van der Waals surface area contributed by atoms with Crippen molar-refractivity contribution >= 4 is 33.3 Å². The largest absolute Gasteiger partial charge is 0.369 e. The summed E-state index contributed by atoms with van der Waals surface area (Å²) < 4.78 is 27.4. The molecule has 10 heteroatoms. The first-order valence-corrected chi connectivity index (χ1v) is 11.7. The zero-order valence-electron chi connectivity index (χ0n) is 17.0. The summed E-state index contributed by atoms with van der Waals surface area (Å²) in [5, 5.41) is 2.74. The molecule has 0 radical (unpaired) electrons. The second-order valence-electron chi connectivity index (χ2n) is 7.97. The molecule has 1 aliphatic heterocycles. The van der Waals surface area contributed by atoms with Gasteiger partial charge in [0.1, 0.15) is 5.82 Å². The van der Waals surface area contributed by atoms with Crippen LogP contribution in [0.1, 0.15) is 36.0 Å². The molecule has 1 aromatic carbocycles. The van der Waals surface area contributed by atoms with E-state index in [2.05, 4.69) is 15.0 Å². The van der Waals surface area contributed by atoms with E-state index in [0.717, 1.165) is 32.2 Å². The number of sulfonamides is 1. The Labute approximate surface area is 181 Å². The maximum absolute atomic E-state index is 12.6. The minimum absolute atomic E-state index is 0.00905. The number of carbonyl (C=O) groups is 2. The number of carbonyl (C=O) groups excluding carboxylic acids is 2. The van der Waals surface area contributed by atoms with E-state index >= 15 is 0 Å². The fourth-order valence-corrected chi connectivity index (χ4v) is 4.91. The Morgan fingerprint density at radius 1 is 1.13 bits per heavy atom. The van der Waals surface area contributed by atoms with E-state index in [1.165, 1.54) is 18.3 Å².